The summed E-state index contributed by atoms with van der Waals surface area (Å²) in [6, 6.07) is 0. The van der Waals surface area contributed by atoms with Crippen molar-refractivity contribution in [1.29, 1.82) is 0 Å². The van der Waals surface area contributed by atoms with Gasteiger partial charge >= 0.3 is 0 Å². The third kappa shape index (κ3) is 8.21. The zero-order valence-electron chi connectivity index (χ0n) is 17.9. The van der Waals surface area contributed by atoms with Gasteiger partial charge in [0.15, 0.2) is 0 Å². The van der Waals surface area contributed by atoms with Crippen molar-refractivity contribution in [3.05, 3.63) is 0 Å². The first-order valence-electron chi connectivity index (χ1n) is 9.54. The molecule has 2 atom stereocenters. The van der Waals surface area contributed by atoms with E-state index >= 15 is 0 Å². The van der Waals surface area contributed by atoms with E-state index in [1.165, 1.54) is 10.6 Å². The van der Waals surface area contributed by atoms with Crippen molar-refractivity contribution in [2.24, 2.45) is 5.41 Å². The highest BCUT2D eigenvalue weighted by Gasteiger charge is 2.34. The van der Waals surface area contributed by atoms with Gasteiger partial charge in [-0.3, -0.25) is 0 Å². The molecule has 0 amide bonds. The molecule has 1 saturated heterocycles. The van der Waals surface area contributed by atoms with Crippen LogP contribution in [0.15, 0.2) is 0 Å². The molecule has 156 valence electrons. The zero-order valence-corrected chi connectivity index (χ0v) is 18.7. The summed E-state index contributed by atoms with van der Waals surface area (Å²) >= 11 is 0. The van der Waals surface area contributed by atoms with Crippen molar-refractivity contribution in [2.45, 2.75) is 85.2 Å². The van der Waals surface area contributed by atoms with Crippen molar-refractivity contribution >= 4 is 10.0 Å². The van der Waals surface area contributed by atoms with E-state index in [-0.39, 0.29) is 30.3 Å². The van der Waals surface area contributed by atoms with Crippen LogP contribution in [0, 0.1) is 5.41 Å². The predicted octanol–water partition coefficient (Wildman–Crippen LogP) is 3.06. The largest absolute Gasteiger partial charge is 0.381 e. The molecule has 0 aromatic carbocycles. The molecule has 0 aliphatic carbocycles. The molecule has 1 fully saturated rings. The van der Waals surface area contributed by atoms with Gasteiger partial charge in [0, 0.05) is 25.3 Å². The first-order valence-corrected chi connectivity index (χ1v) is 11.4. The summed E-state index contributed by atoms with van der Waals surface area (Å²) < 4.78 is 43.8. The Kier molecular flexibility index (Phi) is 8.55. The standard InChI is InChI=1S/C19H39NO5S/c1-15(18(2,3)4)25-17(14-24-16-9-11-23-12-10-16)13-20(19(5,6)7)26(8,21)22/h15-17H,9-14H2,1-8H3. The summed E-state index contributed by atoms with van der Waals surface area (Å²) in [5.41, 5.74) is -0.548. The van der Waals surface area contributed by atoms with Crippen LogP contribution >= 0.6 is 0 Å². The van der Waals surface area contributed by atoms with Gasteiger partial charge < -0.3 is 14.2 Å². The van der Waals surface area contributed by atoms with E-state index in [9.17, 15) is 8.42 Å². The molecule has 26 heavy (non-hydrogen) atoms. The molecule has 2 unspecified atom stereocenters. The monoisotopic (exact) mass is 393 g/mol. The molecule has 0 aromatic rings. The second-order valence-corrected chi connectivity index (χ2v) is 11.3. The van der Waals surface area contributed by atoms with E-state index in [0.717, 1.165) is 12.8 Å². The molecule has 1 aliphatic heterocycles. The lowest BCUT2D eigenvalue weighted by Gasteiger charge is -2.38. The Balaban J connectivity index is 2.86. The van der Waals surface area contributed by atoms with Crippen LogP contribution < -0.4 is 0 Å². The lowest BCUT2D eigenvalue weighted by atomic mass is 9.90. The Morgan fingerprint density at radius 3 is 2.08 bits per heavy atom. The minimum atomic E-state index is -3.35. The molecule has 6 nitrogen and oxygen atoms in total. The fourth-order valence-electron chi connectivity index (χ4n) is 2.81. The van der Waals surface area contributed by atoms with E-state index in [0.29, 0.717) is 19.8 Å². The Morgan fingerprint density at radius 1 is 1.12 bits per heavy atom. The van der Waals surface area contributed by atoms with Crippen molar-refractivity contribution in [3.63, 3.8) is 0 Å². The minimum Gasteiger partial charge on any atom is -0.381 e. The molecular formula is C19H39NO5S. The molecule has 1 rings (SSSR count). The van der Waals surface area contributed by atoms with Crippen LogP contribution in [0.3, 0.4) is 0 Å². The summed E-state index contributed by atoms with van der Waals surface area (Å²) in [4.78, 5) is 0. The molecule has 0 N–H and O–H groups in total. The van der Waals surface area contributed by atoms with Gasteiger partial charge in [-0.05, 0) is 46.0 Å². The first-order chi connectivity index (χ1) is 11.7. The molecule has 0 bridgehead atoms. The highest BCUT2D eigenvalue weighted by atomic mass is 32.2. The van der Waals surface area contributed by atoms with Gasteiger partial charge in [-0.1, -0.05) is 20.8 Å². The van der Waals surface area contributed by atoms with E-state index < -0.39 is 15.6 Å². The van der Waals surface area contributed by atoms with Crippen LogP contribution in [-0.2, 0) is 24.2 Å². The molecule has 0 saturated carbocycles. The number of nitrogens with zero attached hydrogens (tertiary/aromatic N) is 1. The van der Waals surface area contributed by atoms with Crippen molar-refractivity contribution in [3.8, 4) is 0 Å². The first kappa shape index (κ1) is 23.8. The van der Waals surface area contributed by atoms with Crippen molar-refractivity contribution < 1.29 is 22.6 Å². The highest BCUT2D eigenvalue weighted by Crippen LogP contribution is 2.25. The molecule has 0 radical (unpaired) electrons. The van der Waals surface area contributed by atoms with E-state index in [1.54, 1.807) is 0 Å². The highest BCUT2D eigenvalue weighted by molar-refractivity contribution is 7.88. The van der Waals surface area contributed by atoms with Gasteiger partial charge in [-0.25, -0.2) is 8.42 Å². The third-order valence-electron chi connectivity index (χ3n) is 4.82. The minimum absolute atomic E-state index is 0.0211. The van der Waals surface area contributed by atoms with Gasteiger partial charge in [0.2, 0.25) is 10.0 Å². The molecule has 7 heteroatoms. The van der Waals surface area contributed by atoms with Gasteiger partial charge in [-0.15, -0.1) is 0 Å². The summed E-state index contributed by atoms with van der Waals surface area (Å²) in [6.45, 7) is 16.2. The maximum Gasteiger partial charge on any atom is 0.211 e. The molecule has 1 heterocycles. The fraction of sp³-hybridized carbons (Fsp3) is 1.00. The zero-order chi connectivity index (χ0) is 20.2. The fourth-order valence-corrected chi connectivity index (χ4v) is 4.24. The lowest BCUT2D eigenvalue weighted by molar-refractivity contribution is -0.117. The molecule has 0 aromatic heterocycles. The lowest BCUT2D eigenvalue weighted by Crippen LogP contribution is -2.51. The normalized spacial score (nSPS) is 20.3. The third-order valence-corrected chi connectivity index (χ3v) is 6.32. The van der Waals surface area contributed by atoms with Gasteiger partial charge in [0.1, 0.15) is 0 Å². The van der Waals surface area contributed by atoms with Crippen LogP contribution in [0.1, 0.15) is 61.3 Å². The Bertz CT molecular complexity index is 515. The van der Waals surface area contributed by atoms with Crippen LogP contribution in [-0.4, -0.2) is 69.2 Å². The van der Waals surface area contributed by atoms with Crippen LogP contribution in [0.2, 0.25) is 0 Å². The van der Waals surface area contributed by atoms with Crippen molar-refractivity contribution in [2.75, 3.05) is 32.6 Å². The topological polar surface area (TPSA) is 65.1 Å². The maximum atomic E-state index is 12.3. The second-order valence-electron chi connectivity index (χ2n) is 9.38. The number of hydrogen-bond acceptors (Lipinski definition) is 5. The Labute approximate surface area is 160 Å². The molecule has 1 aliphatic rings. The summed E-state index contributed by atoms with van der Waals surface area (Å²) in [7, 11) is -3.35. The Hall–Kier alpha value is -0.210. The average Bonchev–Trinajstić information content (AvgIpc) is 2.47. The van der Waals surface area contributed by atoms with E-state index in [1.807, 2.05) is 27.7 Å². The number of hydrogen-bond donors (Lipinski definition) is 0. The quantitative estimate of drug-likeness (QED) is 0.634. The van der Waals surface area contributed by atoms with E-state index in [4.69, 9.17) is 14.2 Å². The molecular weight excluding hydrogens is 354 g/mol. The number of rotatable bonds is 8. The maximum absolute atomic E-state index is 12.3. The number of sulfonamides is 1. The second kappa shape index (κ2) is 9.32. The summed E-state index contributed by atoms with van der Waals surface area (Å²) in [6.07, 6.45) is 2.81. The van der Waals surface area contributed by atoms with Gasteiger partial charge in [0.05, 0.1) is 31.2 Å². The Morgan fingerprint density at radius 2 is 1.65 bits per heavy atom. The van der Waals surface area contributed by atoms with Gasteiger partial charge in [-0.2, -0.15) is 4.31 Å². The van der Waals surface area contributed by atoms with Crippen LogP contribution in [0.25, 0.3) is 0 Å². The van der Waals surface area contributed by atoms with Crippen LogP contribution in [0.4, 0.5) is 0 Å². The smallest absolute Gasteiger partial charge is 0.211 e. The van der Waals surface area contributed by atoms with Crippen molar-refractivity contribution in [1.82, 2.24) is 4.31 Å². The average molecular weight is 394 g/mol. The van der Waals surface area contributed by atoms with E-state index in [2.05, 4.69) is 20.8 Å². The summed E-state index contributed by atoms with van der Waals surface area (Å²) in [5, 5.41) is 0. The number of ether oxygens (including phenoxy) is 3. The summed E-state index contributed by atoms with van der Waals surface area (Å²) in [5.74, 6) is 0. The SMILES string of the molecule is CC(OC(COC1CCOCC1)CN(C(C)(C)C)S(C)(=O)=O)C(C)(C)C. The molecule has 0 spiro atoms. The predicted molar refractivity (Wildman–Crippen MR) is 105 cm³/mol. The van der Waals surface area contributed by atoms with Gasteiger partial charge in [0.25, 0.3) is 0 Å². The van der Waals surface area contributed by atoms with Crippen LogP contribution in [0.5, 0.6) is 0 Å².